The van der Waals surface area contributed by atoms with E-state index >= 15 is 0 Å². The van der Waals surface area contributed by atoms with Gasteiger partial charge in [-0.2, -0.15) is 0 Å². The highest BCUT2D eigenvalue weighted by molar-refractivity contribution is 5.68. The summed E-state index contributed by atoms with van der Waals surface area (Å²) in [6.07, 6.45) is 5.70. The zero-order valence-electron chi connectivity index (χ0n) is 10.7. The van der Waals surface area contributed by atoms with Gasteiger partial charge in [-0.3, -0.25) is 0 Å². The molecule has 3 saturated carbocycles. The first-order chi connectivity index (χ1) is 8.72. The van der Waals surface area contributed by atoms with Crippen molar-refractivity contribution < 1.29 is 0 Å². The summed E-state index contributed by atoms with van der Waals surface area (Å²) in [5.41, 5.74) is 9.60. The Labute approximate surface area is 108 Å². The summed E-state index contributed by atoms with van der Waals surface area (Å²) in [7, 11) is 0. The maximum Gasteiger partial charge on any atom is 0.00508 e. The first-order valence-electron chi connectivity index (χ1n) is 7.16. The van der Waals surface area contributed by atoms with Crippen LogP contribution >= 0.6 is 0 Å². The average molecular weight is 234 g/mol. The van der Waals surface area contributed by atoms with Crippen LogP contribution < -0.4 is 0 Å². The molecule has 5 atom stereocenters. The van der Waals surface area contributed by atoms with Gasteiger partial charge in [0.15, 0.2) is 0 Å². The molecule has 0 aromatic carbocycles. The summed E-state index contributed by atoms with van der Waals surface area (Å²) in [5.74, 6) is 4.42. The molecule has 90 valence electrons. The van der Waals surface area contributed by atoms with Gasteiger partial charge in [-0.05, 0) is 59.7 Å². The molecule has 0 aliphatic heterocycles. The molecule has 5 rings (SSSR count). The molecule has 5 unspecified atom stereocenters. The fourth-order valence-electron chi connectivity index (χ4n) is 5.52. The van der Waals surface area contributed by atoms with Gasteiger partial charge in [0.05, 0.1) is 0 Å². The van der Waals surface area contributed by atoms with E-state index < -0.39 is 0 Å². The molecule has 5 aliphatic carbocycles. The predicted molar refractivity (Wildman–Crippen MR) is 73.8 cm³/mol. The standard InChI is InChI=1S/C18H18/c1-4-10-5-8(2)6-11-14(10)18-15(11)16-12-7-9(3)13(12)17(16)18/h4,11-13,15-16H,1-3,5-7H2. The van der Waals surface area contributed by atoms with Crippen LogP contribution in [0.5, 0.6) is 0 Å². The lowest BCUT2D eigenvalue weighted by Gasteiger charge is -2.73. The topological polar surface area (TPSA) is 0 Å². The maximum absolute atomic E-state index is 4.22. The Balaban J connectivity index is 1.65. The van der Waals surface area contributed by atoms with Crippen molar-refractivity contribution in [3.63, 3.8) is 0 Å². The largest absolute Gasteiger partial charge is 0.0995 e. The van der Waals surface area contributed by atoms with Gasteiger partial charge < -0.3 is 0 Å². The van der Waals surface area contributed by atoms with Crippen molar-refractivity contribution >= 4 is 0 Å². The molecule has 0 N–H and O–H groups in total. The van der Waals surface area contributed by atoms with Crippen molar-refractivity contribution in [1.29, 1.82) is 0 Å². The Morgan fingerprint density at radius 2 is 1.89 bits per heavy atom. The fourth-order valence-corrected chi connectivity index (χ4v) is 5.52. The number of allylic oxidation sites excluding steroid dienone is 7. The van der Waals surface area contributed by atoms with Gasteiger partial charge in [-0.25, -0.2) is 0 Å². The molecule has 5 aliphatic rings. The van der Waals surface area contributed by atoms with Crippen LogP contribution in [-0.2, 0) is 0 Å². The van der Waals surface area contributed by atoms with Crippen LogP contribution in [0, 0.1) is 29.6 Å². The number of fused-ring (bicyclic) bond motifs is 9. The van der Waals surface area contributed by atoms with Crippen LogP contribution in [0.1, 0.15) is 19.3 Å². The van der Waals surface area contributed by atoms with Gasteiger partial charge >= 0.3 is 0 Å². The molecule has 3 fully saturated rings. The van der Waals surface area contributed by atoms with Crippen LogP contribution in [0.2, 0.25) is 0 Å². The lowest BCUT2D eigenvalue weighted by atomic mass is 9.31. The van der Waals surface area contributed by atoms with Gasteiger partial charge in [0.2, 0.25) is 0 Å². The van der Waals surface area contributed by atoms with Crippen molar-refractivity contribution in [2.45, 2.75) is 19.3 Å². The van der Waals surface area contributed by atoms with E-state index in [1.807, 2.05) is 0 Å². The minimum atomic E-state index is 0.797. The van der Waals surface area contributed by atoms with E-state index in [0.717, 1.165) is 36.0 Å². The van der Waals surface area contributed by atoms with E-state index in [1.165, 1.54) is 29.6 Å². The third-order valence-electron chi connectivity index (χ3n) is 6.19. The molecule has 0 aromatic heterocycles. The van der Waals surface area contributed by atoms with Crippen LogP contribution in [0.3, 0.4) is 0 Å². The molecule has 0 heteroatoms. The molecule has 0 aromatic rings. The smallest absolute Gasteiger partial charge is 0.00508 e. The molecule has 0 saturated heterocycles. The van der Waals surface area contributed by atoms with Crippen molar-refractivity contribution in [1.82, 2.24) is 0 Å². The Kier molecular flexibility index (Phi) is 1.42. The summed E-state index contributed by atoms with van der Waals surface area (Å²) in [4.78, 5) is 0. The second-order valence-corrected chi connectivity index (χ2v) is 6.80. The molecular weight excluding hydrogens is 216 g/mol. The molecule has 18 heavy (non-hydrogen) atoms. The Bertz CT molecular complexity index is 610. The van der Waals surface area contributed by atoms with Gasteiger partial charge in [-0.15, -0.1) is 0 Å². The van der Waals surface area contributed by atoms with Crippen LogP contribution in [0.25, 0.3) is 0 Å². The first-order valence-corrected chi connectivity index (χ1v) is 7.16. The molecule has 0 spiro atoms. The summed E-state index contributed by atoms with van der Waals surface area (Å²) in [6, 6.07) is 0. The van der Waals surface area contributed by atoms with Gasteiger partial charge in [-0.1, -0.05) is 42.5 Å². The Hall–Kier alpha value is -1.30. The zero-order valence-corrected chi connectivity index (χ0v) is 10.7. The second kappa shape index (κ2) is 2.66. The lowest BCUT2D eigenvalue weighted by molar-refractivity contribution is 0.00477. The highest BCUT2D eigenvalue weighted by Gasteiger charge is 2.69. The summed E-state index contributed by atoms with van der Waals surface area (Å²) >= 11 is 0. The number of rotatable bonds is 1. The van der Waals surface area contributed by atoms with Crippen LogP contribution in [-0.4, -0.2) is 0 Å². The summed E-state index contributed by atoms with van der Waals surface area (Å²) in [5, 5.41) is 0. The number of hydrogen-bond acceptors (Lipinski definition) is 0. The van der Waals surface area contributed by atoms with Crippen molar-refractivity contribution in [3.8, 4) is 0 Å². The lowest BCUT2D eigenvalue weighted by Crippen LogP contribution is -2.64. The number of hydrogen-bond donors (Lipinski definition) is 0. The van der Waals surface area contributed by atoms with Crippen molar-refractivity contribution in [2.24, 2.45) is 29.6 Å². The van der Waals surface area contributed by atoms with E-state index in [1.54, 1.807) is 16.7 Å². The Morgan fingerprint density at radius 3 is 2.61 bits per heavy atom. The third kappa shape index (κ3) is 0.749. The monoisotopic (exact) mass is 234 g/mol. The minimum absolute atomic E-state index is 0.797. The van der Waals surface area contributed by atoms with Crippen molar-refractivity contribution in [3.05, 3.63) is 59.3 Å². The third-order valence-corrected chi connectivity index (χ3v) is 6.19. The SMILES string of the molecule is C=CC1=C2C3=C4C5C(=C)CC5C4C3C2CC(=C)C1. The van der Waals surface area contributed by atoms with E-state index in [-0.39, 0.29) is 0 Å². The zero-order chi connectivity index (χ0) is 12.2. The van der Waals surface area contributed by atoms with Gasteiger partial charge in [0, 0.05) is 5.92 Å². The fraction of sp³-hybridized carbons (Fsp3) is 0.444. The highest BCUT2D eigenvalue weighted by Crippen LogP contribution is 2.78. The molecule has 0 bridgehead atoms. The first kappa shape index (κ1) is 9.61. The normalized spacial score (nSPS) is 46.8. The van der Waals surface area contributed by atoms with E-state index in [4.69, 9.17) is 0 Å². The maximum atomic E-state index is 4.22. The quantitative estimate of drug-likeness (QED) is 0.597. The average Bonchev–Trinajstić information content (AvgIpc) is 2.32. The van der Waals surface area contributed by atoms with Gasteiger partial charge in [0.25, 0.3) is 0 Å². The minimum Gasteiger partial charge on any atom is -0.0995 e. The predicted octanol–water partition coefficient (Wildman–Crippen LogP) is 4.20. The highest BCUT2D eigenvalue weighted by atomic mass is 14.7. The van der Waals surface area contributed by atoms with Crippen molar-refractivity contribution in [2.75, 3.05) is 0 Å². The van der Waals surface area contributed by atoms with E-state index in [9.17, 15) is 0 Å². The van der Waals surface area contributed by atoms with Crippen LogP contribution in [0.15, 0.2) is 59.3 Å². The Morgan fingerprint density at radius 1 is 1.06 bits per heavy atom. The second-order valence-electron chi connectivity index (χ2n) is 6.80. The molecule has 0 amide bonds. The van der Waals surface area contributed by atoms with E-state index in [0.29, 0.717) is 0 Å². The summed E-state index contributed by atoms with van der Waals surface area (Å²) in [6.45, 7) is 12.4. The molecule has 0 heterocycles. The van der Waals surface area contributed by atoms with Crippen LogP contribution in [0.4, 0.5) is 0 Å². The molecule has 0 radical (unpaired) electrons. The van der Waals surface area contributed by atoms with Gasteiger partial charge in [0.1, 0.15) is 0 Å². The molecule has 0 nitrogen and oxygen atoms in total. The summed E-state index contributed by atoms with van der Waals surface area (Å²) < 4.78 is 0. The molecular formula is C18H18. The van der Waals surface area contributed by atoms with E-state index in [2.05, 4.69) is 25.8 Å².